The summed E-state index contributed by atoms with van der Waals surface area (Å²) in [5, 5.41) is 9.21. The van der Waals surface area contributed by atoms with Crippen molar-refractivity contribution in [3.05, 3.63) is 0 Å². The van der Waals surface area contributed by atoms with E-state index in [1.165, 1.54) is 0 Å². The van der Waals surface area contributed by atoms with Crippen LogP contribution in [0.3, 0.4) is 0 Å². The van der Waals surface area contributed by atoms with Crippen LogP contribution >= 0.6 is 0 Å². The van der Waals surface area contributed by atoms with E-state index in [1.807, 2.05) is 0 Å². The van der Waals surface area contributed by atoms with E-state index in [0.29, 0.717) is 6.10 Å². The Balaban J connectivity index is 1.96. The summed E-state index contributed by atoms with van der Waals surface area (Å²) in [5.74, 6) is 0. The molecule has 0 aromatic rings. The van der Waals surface area contributed by atoms with Crippen molar-refractivity contribution in [1.29, 1.82) is 0 Å². The molecule has 1 N–H and O–H groups in total. The molecule has 9 heavy (non-hydrogen) atoms. The van der Waals surface area contributed by atoms with Crippen LogP contribution in [-0.2, 0) is 9.47 Å². The van der Waals surface area contributed by atoms with Crippen LogP contribution in [0.1, 0.15) is 6.42 Å². The third kappa shape index (κ3) is 0.407. The number of rotatable bonds is 0. The first kappa shape index (κ1) is 4.66. The maximum Gasteiger partial charge on any atom is 0.115 e. The number of epoxide rings is 1. The first-order valence-corrected chi connectivity index (χ1v) is 3.35. The summed E-state index contributed by atoms with van der Waals surface area (Å²) in [6.07, 6.45) is 1.36. The lowest BCUT2D eigenvalue weighted by molar-refractivity contribution is -0.00705. The minimum Gasteiger partial charge on any atom is -0.390 e. The molecule has 50 valence electrons. The van der Waals surface area contributed by atoms with Crippen molar-refractivity contribution in [2.24, 2.45) is 0 Å². The summed E-state index contributed by atoms with van der Waals surface area (Å²) >= 11 is 0. The van der Waals surface area contributed by atoms with Crippen LogP contribution in [-0.4, -0.2) is 35.6 Å². The van der Waals surface area contributed by atoms with Crippen LogP contribution in [0, 0.1) is 0 Å². The van der Waals surface area contributed by atoms with Gasteiger partial charge in [-0.1, -0.05) is 0 Å². The van der Waals surface area contributed by atoms with Crippen molar-refractivity contribution in [3.63, 3.8) is 0 Å². The average molecular weight is 128 g/mol. The molecule has 3 aliphatic rings. The number of aliphatic hydroxyl groups excluding tert-OH is 1. The van der Waals surface area contributed by atoms with Crippen molar-refractivity contribution in [1.82, 2.24) is 0 Å². The van der Waals surface area contributed by atoms with Crippen molar-refractivity contribution < 1.29 is 14.6 Å². The van der Waals surface area contributed by atoms with Crippen LogP contribution in [0.4, 0.5) is 0 Å². The minimum absolute atomic E-state index is 0.0139. The summed E-state index contributed by atoms with van der Waals surface area (Å²) in [4.78, 5) is 0. The molecule has 3 rings (SSSR count). The van der Waals surface area contributed by atoms with Gasteiger partial charge in [0.1, 0.15) is 18.3 Å². The van der Waals surface area contributed by atoms with Gasteiger partial charge < -0.3 is 14.6 Å². The fourth-order valence-electron chi connectivity index (χ4n) is 1.93. The van der Waals surface area contributed by atoms with Gasteiger partial charge in [-0.2, -0.15) is 0 Å². The number of ether oxygens (including phenoxy) is 2. The Labute approximate surface area is 52.6 Å². The zero-order chi connectivity index (χ0) is 6.01. The van der Waals surface area contributed by atoms with E-state index >= 15 is 0 Å². The monoisotopic (exact) mass is 128 g/mol. The van der Waals surface area contributed by atoms with Gasteiger partial charge in [0.15, 0.2) is 0 Å². The summed E-state index contributed by atoms with van der Waals surface area (Å²) in [5.41, 5.74) is 0. The molecule has 0 aromatic heterocycles. The third-order valence-corrected chi connectivity index (χ3v) is 2.44. The van der Waals surface area contributed by atoms with Gasteiger partial charge in [-0.05, 0) is 0 Å². The van der Waals surface area contributed by atoms with Gasteiger partial charge in [0.25, 0.3) is 0 Å². The standard InChI is InChI=1S/C6H8O3/c7-2-1-3-5-6(9-5)4(2)8-3/h2-7H,1H2/t2-,3-,4+,5-,6+/m0/s1. The minimum atomic E-state index is -0.251. The van der Waals surface area contributed by atoms with Crippen LogP contribution in [0.15, 0.2) is 0 Å². The maximum absolute atomic E-state index is 9.21. The molecular weight excluding hydrogens is 120 g/mol. The predicted octanol–water partition coefficient (Wildman–Crippen LogP) is -0.714. The fraction of sp³-hybridized carbons (Fsp3) is 1.00. The van der Waals surface area contributed by atoms with E-state index in [1.54, 1.807) is 0 Å². The van der Waals surface area contributed by atoms with Gasteiger partial charge in [0, 0.05) is 6.42 Å². The fourth-order valence-corrected chi connectivity index (χ4v) is 1.93. The lowest BCUT2D eigenvalue weighted by atomic mass is 9.98. The van der Waals surface area contributed by atoms with Gasteiger partial charge in [-0.25, -0.2) is 0 Å². The Morgan fingerprint density at radius 2 is 2.00 bits per heavy atom. The van der Waals surface area contributed by atoms with Crippen molar-refractivity contribution in [2.45, 2.75) is 36.9 Å². The van der Waals surface area contributed by atoms with Crippen molar-refractivity contribution in [2.75, 3.05) is 0 Å². The zero-order valence-electron chi connectivity index (χ0n) is 4.86. The smallest absolute Gasteiger partial charge is 0.115 e. The van der Waals surface area contributed by atoms with E-state index in [-0.39, 0.29) is 24.4 Å². The van der Waals surface area contributed by atoms with Crippen LogP contribution in [0.2, 0.25) is 0 Å². The SMILES string of the molecule is O[C@H]1C[C@@H]2O[C@H]1[C@H]1O[C@H]12. The van der Waals surface area contributed by atoms with Crippen molar-refractivity contribution in [3.8, 4) is 0 Å². The molecule has 3 heterocycles. The predicted molar refractivity (Wildman–Crippen MR) is 27.9 cm³/mol. The molecule has 3 fully saturated rings. The largest absolute Gasteiger partial charge is 0.390 e. The average Bonchev–Trinajstić information content (AvgIpc) is 2.46. The number of hydrogen-bond acceptors (Lipinski definition) is 3. The molecule has 0 radical (unpaired) electrons. The second-order valence-electron chi connectivity index (χ2n) is 3.01. The molecule has 3 heteroatoms. The summed E-state index contributed by atoms with van der Waals surface area (Å²) in [6, 6.07) is 0. The molecule has 5 atom stereocenters. The van der Waals surface area contributed by atoms with Gasteiger partial charge in [-0.15, -0.1) is 0 Å². The third-order valence-electron chi connectivity index (χ3n) is 2.44. The van der Waals surface area contributed by atoms with Crippen LogP contribution in [0.25, 0.3) is 0 Å². The van der Waals surface area contributed by atoms with Crippen LogP contribution < -0.4 is 0 Å². The second kappa shape index (κ2) is 1.17. The number of aliphatic hydroxyl groups is 1. The molecule has 0 unspecified atom stereocenters. The van der Waals surface area contributed by atoms with Gasteiger partial charge in [0.05, 0.1) is 12.2 Å². The lowest BCUT2D eigenvalue weighted by Gasteiger charge is -2.07. The lowest BCUT2D eigenvalue weighted by Crippen LogP contribution is -2.28. The molecule has 3 aliphatic heterocycles. The quantitative estimate of drug-likeness (QED) is 0.438. The molecule has 3 nitrogen and oxygen atoms in total. The van der Waals surface area contributed by atoms with Crippen LogP contribution in [0.5, 0.6) is 0 Å². The van der Waals surface area contributed by atoms with Gasteiger partial charge in [-0.3, -0.25) is 0 Å². The Hall–Kier alpha value is -0.120. The van der Waals surface area contributed by atoms with E-state index < -0.39 is 0 Å². The Bertz CT molecular complexity index is 154. The number of fused-ring (bicyclic) bond motifs is 5. The maximum atomic E-state index is 9.21. The topological polar surface area (TPSA) is 42.0 Å². The highest BCUT2D eigenvalue weighted by Gasteiger charge is 2.64. The molecule has 0 amide bonds. The normalized spacial score (nSPS) is 68.3. The highest BCUT2D eigenvalue weighted by atomic mass is 16.7. The molecular formula is C6H8O3. The summed E-state index contributed by atoms with van der Waals surface area (Å²) in [7, 11) is 0. The van der Waals surface area contributed by atoms with E-state index in [2.05, 4.69) is 0 Å². The number of hydrogen-bond donors (Lipinski definition) is 1. The highest BCUT2D eigenvalue weighted by Crippen LogP contribution is 2.47. The molecule has 0 spiro atoms. The Morgan fingerprint density at radius 3 is 2.56 bits per heavy atom. The summed E-state index contributed by atoms with van der Waals surface area (Å²) < 4.78 is 10.6. The van der Waals surface area contributed by atoms with E-state index in [4.69, 9.17) is 9.47 Å². The highest BCUT2D eigenvalue weighted by molar-refractivity contribution is 5.11. The van der Waals surface area contributed by atoms with E-state index in [9.17, 15) is 5.11 Å². The molecule has 0 aromatic carbocycles. The molecule has 3 saturated heterocycles. The van der Waals surface area contributed by atoms with Crippen molar-refractivity contribution >= 4 is 0 Å². The zero-order valence-corrected chi connectivity index (χ0v) is 4.86. The molecule has 2 bridgehead atoms. The Morgan fingerprint density at radius 1 is 1.11 bits per heavy atom. The first-order valence-electron chi connectivity index (χ1n) is 3.35. The van der Waals surface area contributed by atoms with Gasteiger partial charge >= 0.3 is 0 Å². The van der Waals surface area contributed by atoms with E-state index in [0.717, 1.165) is 6.42 Å². The molecule has 0 aliphatic carbocycles. The second-order valence-corrected chi connectivity index (χ2v) is 3.01. The van der Waals surface area contributed by atoms with Gasteiger partial charge in [0.2, 0.25) is 0 Å². The first-order chi connectivity index (χ1) is 4.36. The summed E-state index contributed by atoms with van der Waals surface area (Å²) in [6.45, 7) is 0. The Kier molecular flexibility index (Phi) is 0.604. The molecule has 0 saturated carbocycles.